The quantitative estimate of drug-likeness (QED) is 0.915. The first-order valence-electron chi connectivity index (χ1n) is 7.03. The van der Waals surface area contributed by atoms with Gasteiger partial charge < -0.3 is 19.5 Å². The van der Waals surface area contributed by atoms with Gasteiger partial charge in [0, 0.05) is 12.6 Å². The maximum absolute atomic E-state index is 5.44. The van der Waals surface area contributed by atoms with Crippen molar-refractivity contribution in [2.75, 3.05) is 13.9 Å². The maximum Gasteiger partial charge on any atom is 0.231 e. The summed E-state index contributed by atoms with van der Waals surface area (Å²) in [4.78, 5) is 0. The van der Waals surface area contributed by atoms with Crippen LogP contribution >= 0.6 is 0 Å². The van der Waals surface area contributed by atoms with Gasteiger partial charge in [0.1, 0.15) is 0 Å². The molecule has 21 heavy (non-hydrogen) atoms. The SMILES string of the molecule is COc1cc(CN[C@@H](C)c2ccccc2)cc2c1OCO2. The summed E-state index contributed by atoms with van der Waals surface area (Å²) in [6.07, 6.45) is 0. The Morgan fingerprint density at radius 1 is 1.19 bits per heavy atom. The van der Waals surface area contributed by atoms with Crippen LogP contribution in [0, 0.1) is 0 Å². The molecule has 1 aliphatic rings. The number of hydrogen-bond donors (Lipinski definition) is 1. The maximum atomic E-state index is 5.44. The third-order valence-corrected chi connectivity index (χ3v) is 3.63. The molecule has 0 bridgehead atoms. The van der Waals surface area contributed by atoms with Gasteiger partial charge in [0.25, 0.3) is 0 Å². The number of benzene rings is 2. The van der Waals surface area contributed by atoms with Crippen molar-refractivity contribution in [3.8, 4) is 17.2 Å². The van der Waals surface area contributed by atoms with Crippen LogP contribution in [0.1, 0.15) is 24.1 Å². The molecule has 1 heterocycles. The van der Waals surface area contributed by atoms with E-state index in [1.165, 1.54) is 5.56 Å². The second-order valence-electron chi connectivity index (χ2n) is 5.05. The van der Waals surface area contributed by atoms with Crippen LogP contribution in [-0.4, -0.2) is 13.9 Å². The summed E-state index contributed by atoms with van der Waals surface area (Å²) in [5.41, 5.74) is 2.38. The van der Waals surface area contributed by atoms with Crippen LogP contribution in [0.15, 0.2) is 42.5 Å². The molecule has 3 rings (SSSR count). The van der Waals surface area contributed by atoms with Gasteiger partial charge >= 0.3 is 0 Å². The predicted molar refractivity (Wildman–Crippen MR) is 80.8 cm³/mol. The second-order valence-corrected chi connectivity index (χ2v) is 5.05. The minimum atomic E-state index is 0.253. The Balaban J connectivity index is 1.71. The molecule has 4 nitrogen and oxygen atoms in total. The molecule has 0 spiro atoms. The molecule has 0 saturated carbocycles. The first kappa shape index (κ1) is 13.8. The first-order valence-corrected chi connectivity index (χ1v) is 7.03. The van der Waals surface area contributed by atoms with Gasteiger partial charge in [-0.1, -0.05) is 30.3 Å². The number of ether oxygens (including phenoxy) is 3. The van der Waals surface area contributed by atoms with Gasteiger partial charge in [-0.25, -0.2) is 0 Å². The van der Waals surface area contributed by atoms with Gasteiger partial charge in [0.15, 0.2) is 11.5 Å². The molecule has 2 aromatic carbocycles. The smallest absolute Gasteiger partial charge is 0.231 e. The monoisotopic (exact) mass is 285 g/mol. The molecule has 0 unspecified atom stereocenters. The first-order chi connectivity index (χ1) is 10.3. The fourth-order valence-electron chi connectivity index (χ4n) is 2.42. The Morgan fingerprint density at radius 3 is 2.76 bits per heavy atom. The largest absolute Gasteiger partial charge is 0.493 e. The molecule has 1 N–H and O–H groups in total. The highest BCUT2D eigenvalue weighted by Crippen LogP contribution is 2.41. The van der Waals surface area contributed by atoms with E-state index in [0.29, 0.717) is 11.5 Å². The molecule has 0 aliphatic carbocycles. The van der Waals surface area contributed by atoms with Crippen molar-refractivity contribution in [1.82, 2.24) is 5.32 Å². The van der Waals surface area contributed by atoms with Crippen LogP contribution in [0.2, 0.25) is 0 Å². The molecular weight excluding hydrogens is 266 g/mol. The van der Waals surface area contributed by atoms with E-state index < -0.39 is 0 Å². The highest BCUT2D eigenvalue weighted by atomic mass is 16.7. The van der Waals surface area contributed by atoms with Gasteiger partial charge in [0.05, 0.1) is 7.11 Å². The van der Waals surface area contributed by atoms with Crippen LogP contribution in [0.25, 0.3) is 0 Å². The van der Waals surface area contributed by atoms with Crippen LogP contribution in [0.3, 0.4) is 0 Å². The Hall–Kier alpha value is -2.20. The zero-order valence-corrected chi connectivity index (χ0v) is 12.3. The molecule has 2 aromatic rings. The summed E-state index contributed by atoms with van der Waals surface area (Å²) in [6, 6.07) is 14.6. The van der Waals surface area contributed by atoms with Crippen molar-refractivity contribution in [3.63, 3.8) is 0 Å². The zero-order chi connectivity index (χ0) is 14.7. The van der Waals surface area contributed by atoms with Gasteiger partial charge in [-0.05, 0) is 30.2 Å². The summed E-state index contributed by atoms with van der Waals surface area (Å²) in [7, 11) is 1.64. The number of nitrogens with one attached hydrogen (secondary N) is 1. The Bertz CT molecular complexity index is 613. The zero-order valence-electron chi connectivity index (χ0n) is 12.3. The lowest BCUT2D eigenvalue weighted by molar-refractivity contribution is 0.171. The average Bonchev–Trinajstić information content (AvgIpc) is 3.01. The summed E-state index contributed by atoms with van der Waals surface area (Å²) in [5.74, 6) is 2.16. The van der Waals surface area contributed by atoms with Crippen LogP contribution in [0.5, 0.6) is 17.2 Å². The number of fused-ring (bicyclic) bond motifs is 1. The Morgan fingerprint density at radius 2 is 2.00 bits per heavy atom. The number of methoxy groups -OCH3 is 1. The van der Waals surface area contributed by atoms with Gasteiger partial charge in [-0.15, -0.1) is 0 Å². The van der Waals surface area contributed by atoms with Crippen molar-refractivity contribution in [1.29, 1.82) is 0 Å². The van der Waals surface area contributed by atoms with Gasteiger partial charge in [-0.2, -0.15) is 0 Å². The molecule has 0 saturated heterocycles. The number of rotatable bonds is 5. The fraction of sp³-hybridized carbons (Fsp3) is 0.294. The van der Waals surface area contributed by atoms with Crippen LogP contribution < -0.4 is 19.5 Å². The van der Waals surface area contributed by atoms with E-state index in [-0.39, 0.29) is 12.8 Å². The van der Waals surface area contributed by atoms with Crippen molar-refractivity contribution < 1.29 is 14.2 Å². The third-order valence-electron chi connectivity index (χ3n) is 3.63. The molecule has 1 atom stereocenters. The minimum Gasteiger partial charge on any atom is -0.493 e. The van der Waals surface area contributed by atoms with E-state index in [0.717, 1.165) is 17.9 Å². The van der Waals surface area contributed by atoms with Gasteiger partial charge in [0.2, 0.25) is 12.5 Å². The average molecular weight is 285 g/mol. The van der Waals surface area contributed by atoms with Crippen molar-refractivity contribution in [3.05, 3.63) is 53.6 Å². The highest BCUT2D eigenvalue weighted by molar-refractivity contribution is 5.55. The molecule has 4 heteroatoms. The van der Waals surface area contributed by atoms with Crippen molar-refractivity contribution >= 4 is 0 Å². The molecule has 0 aromatic heterocycles. The van der Waals surface area contributed by atoms with E-state index in [2.05, 4.69) is 36.5 Å². The molecule has 1 aliphatic heterocycles. The van der Waals surface area contributed by atoms with E-state index in [4.69, 9.17) is 14.2 Å². The standard InChI is InChI=1S/C17H19NO3/c1-12(14-6-4-3-5-7-14)18-10-13-8-15(19-2)17-16(9-13)20-11-21-17/h3-9,12,18H,10-11H2,1-2H3/t12-/m0/s1. The van der Waals surface area contributed by atoms with E-state index in [9.17, 15) is 0 Å². The molecule has 0 amide bonds. The van der Waals surface area contributed by atoms with E-state index in [1.54, 1.807) is 7.11 Å². The highest BCUT2D eigenvalue weighted by Gasteiger charge is 2.20. The van der Waals surface area contributed by atoms with E-state index in [1.807, 2.05) is 18.2 Å². The summed E-state index contributed by atoms with van der Waals surface area (Å²) >= 11 is 0. The fourth-order valence-corrected chi connectivity index (χ4v) is 2.42. The lowest BCUT2D eigenvalue weighted by Crippen LogP contribution is -2.18. The molecular formula is C17H19NO3. The topological polar surface area (TPSA) is 39.7 Å². The predicted octanol–water partition coefficient (Wildman–Crippen LogP) is 3.27. The van der Waals surface area contributed by atoms with Gasteiger partial charge in [-0.3, -0.25) is 0 Å². The van der Waals surface area contributed by atoms with Crippen molar-refractivity contribution in [2.45, 2.75) is 19.5 Å². The normalized spacial score (nSPS) is 14.0. The van der Waals surface area contributed by atoms with Crippen LogP contribution in [-0.2, 0) is 6.54 Å². The third kappa shape index (κ3) is 2.95. The lowest BCUT2D eigenvalue weighted by Gasteiger charge is -2.15. The van der Waals surface area contributed by atoms with E-state index >= 15 is 0 Å². The molecule has 110 valence electrons. The summed E-state index contributed by atoms with van der Waals surface area (Å²) < 4.78 is 16.2. The second kappa shape index (κ2) is 6.06. The lowest BCUT2D eigenvalue weighted by atomic mass is 10.1. The van der Waals surface area contributed by atoms with Crippen LogP contribution in [0.4, 0.5) is 0 Å². The summed E-state index contributed by atoms with van der Waals surface area (Å²) in [5, 5.41) is 3.51. The molecule has 0 radical (unpaired) electrons. The molecule has 0 fully saturated rings. The number of hydrogen-bond acceptors (Lipinski definition) is 4. The summed E-state index contributed by atoms with van der Waals surface area (Å²) in [6.45, 7) is 3.14. The minimum absolute atomic E-state index is 0.253. The van der Waals surface area contributed by atoms with Crippen molar-refractivity contribution in [2.24, 2.45) is 0 Å². The Kier molecular flexibility index (Phi) is 3.97. The Labute approximate surface area is 124 Å².